The van der Waals surface area contributed by atoms with Gasteiger partial charge < -0.3 is 19.1 Å². The van der Waals surface area contributed by atoms with Gasteiger partial charge in [-0.3, -0.25) is 9.78 Å². The lowest BCUT2D eigenvalue weighted by atomic mass is 9.77. The molecule has 6 nitrogen and oxygen atoms in total. The number of fused-ring (bicyclic) bond motifs is 5. The van der Waals surface area contributed by atoms with Crippen LogP contribution in [0.15, 0.2) is 48.7 Å². The minimum Gasteiger partial charge on any atom is -0.491 e. The van der Waals surface area contributed by atoms with Crippen LogP contribution in [0.4, 0.5) is 14.5 Å². The number of hydrogen-bond acceptors (Lipinski definition) is 5. The summed E-state index contributed by atoms with van der Waals surface area (Å²) in [6.07, 6.45) is 0.943. The van der Waals surface area contributed by atoms with Gasteiger partial charge in [0.2, 0.25) is 5.91 Å². The Hall–Kier alpha value is -3.68. The van der Waals surface area contributed by atoms with Gasteiger partial charge in [0.1, 0.15) is 42.6 Å². The molecule has 8 heteroatoms. The van der Waals surface area contributed by atoms with Gasteiger partial charge in [0.05, 0.1) is 18.4 Å². The molecule has 1 amide bonds. The number of halogens is 2. The molecule has 3 aliphatic rings. The fourth-order valence-electron chi connectivity index (χ4n) is 4.58. The van der Waals surface area contributed by atoms with Gasteiger partial charge in [-0.05, 0) is 17.7 Å². The molecule has 0 saturated carbocycles. The Morgan fingerprint density at radius 1 is 0.968 bits per heavy atom. The molecule has 156 valence electrons. The summed E-state index contributed by atoms with van der Waals surface area (Å²) in [6.45, 7) is 0.856. The topological polar surface area (TPSA) is 60.9 Å². The Labute approximate surface area is 176 Å². The number of aromatic nitrogens is 1. The normalized spacial score (nSPS) is 20.6. The molecule has 0 N–H and O–H groups in total. The van der Waals surface area contributed by atoms with Crippen LogP contribution in [0.1, 0.15) is 16.8 Å². The summed E-state index contributed by atoms with van der Waals surface area (Å²) in [4.78, 5) is 19.2. The molecule has 3 aromatic rings. The fraction of sp³-hybridized carbons (Fsp3) is 0.217. The number of rotatable bonds is 2. The molecular weight excluding hydrogens is 406 g/mol. The van der Waals surface area contributed by atoms with Gasteiger partial charge in [0.25, 0.3) is 0 Å². The van der Waals surface area contributed by atoms with Crippen molar-refractivity contribution in [1.29, 1.82) is 0 Å². The SMILES string of the molecule is O=C1N(Cc2ncc(F)cc2F)c2ccccc2C12COc1cc3c(cc12)OCCO3. The van der Waals surface area contributed by atoms with Crippen molar-refractivity contribution in [3.05, 3.63) is 77.1 Å². The van der Waals surface area contributed by atoms with E-state index in [1.165, 1.54) is 4.90 Å². The Bertz CT molecular complexity index is 1250. The lowest BCUT2D eigenvalue weighted by Gasteiger charge is -2.24. The zero-order valence-electron chi connectivity index (χ0n) is 16.2. The number of pyridine rings is 1. The monoisotopic (exact) mass is 422 g/mol. The van der Waals surface area contributed by atoms with Crippen LogP contribution in [0.2, 0.25) is 0 Å². The molecule has 0 aliphatic carbocycles. The smallest absolute Gasteiger partial charge is 0.246 e. The van der Waals surface area contributed by atoms with Crippen molar-refractivity contribution in [2.45, 2.75) is 12.0 Å². The number of ether oxygens (including phenoxy) is 3. The summed E-state index contributed by atoms with van der Waals surface area (Å²) < 4.78 is 44.9. The molecule has 0 saturated heterocycles. The van der Waals surface area contributed by atoms with Gasteiger partial charge >= 0.3 is 0 Å². The highest BCUT2D eigenvalue weighted by Gasteiger charge is 2.57. The van der Waals surface area contributed by atoms with Crippen molar-refractivity contribution in [2.24, 2.45) is 0 Å². The van der Waals surface area contributed by atoms with Crippen molar-refractivity contribution in [3.8, 4) is 17.2 Å². The van der Waals surface area contributed by atoms with Gasteiger partial charge in [-0.15, -0.1) is 0 Å². The van der Waals surface area contributed by atoms with Crippen molar-refractivity contribution >= 4 is 11.6 Å². The molecular formula is C23H16F2N2O4. The summed E-state index contributed by atoms with van der Waals surface area (Å²) in [5.74, 6) is -0.125. The van der Waals surface area contributed by atoms with E-state index in [4.69, 9.17) is 14.2 Å². The number of benzene rings is 2. The average molecular weight is 422 g/mol. The van der Waals surface area contributed by atoms with Gasteiger partial charge in [-0.25, -0.2) is 8.78 Å². The maximum absolute atomic E-state index is 14.3. The molecule has 3 aliphatic heterocycles. The Kier molecular flexibility index (Phi) is 3.74. The molecule has 1 atom stereocenters. The van der Waals surface area contributed by atoms with Crippen molar-refractivity contribution in [2.75, 3.05) is 24.7 Å². The highest BCUT2D eigenvalue weighted by atomic mass is 19.1. The van der Waals surface area contributed by atoms with Gasteiger partial charge in [0.15, 0.2) is 11.5 Å². The summed E-state index contributed by atoms with van der Waals surface area (Å²) in [5, 5.41) is 0. The molecule has 1 spiro atoms. The van der Waals surface area contributed by atoms with Crippen LogP contribution < -0.4 is 19.1 Å². The van der Waals surface area contributed by atoms with Crippen LogP contribution in [-0.4, -0.2) is 30.7 Å². The molecule has 0 bridgehead atoms. The third kappa shape index (κ3) is 2.47. The zero-order valence-corrected chi connectivity index (χ0v) is 16.2. The summed E-state index contributed by atoms with van der Waals surface area (Å²) in [6, 6.07) is 11.7. The van der Waals surface area contributed by atoms with Crippen molar-refractivity contribution in [3.63, 3.8) is 0 Å². The third-order valence-electron chi connectivity index (χ3n) is 6.01. The molecule has 1 aromatic heterocycles. The molecule has 2 aromatic carbocycles. The second-order valence-electron chi connectivity index (χ2n) is 7.68. The Morgan fingerprint density at radius 2 is 1.74 bits per heavy atom. The van der Waals surface area contributed by atoms with E-state index in [1.807, 2.05) is 18.2 Å². The number of amides is 1. The van der Waals surface area contributed by atoms with Crippen LogP contribution >= 0.6 is 0 Å². The van der Waals surface area contributed by atoms with Crippen molar-refractivity contribution in [1.82, 2.24) is 4.98 Å². The molecule has 0 fully saturated rings. The van der Waals surface area contributed by atoms with E-state index < -0.39 is 17.0 Å². The van der Waals surface area contributed by atoms with Crippen LogP contribution in [0, 0.1) is 11.6 Å². The Morgan fingerprint density at radius 3 is 2.55 bits per heavy atom. The number of anilines is 1. The van der Waals surface area contributed by atoms with E-state index in [9.17, 15) is 13.6 Å². The van der Waals surface area contributed by atoms with Gasteiger partial charge in [0, 0.05) is 23.4 Å². The number of carbonyl (C=O) groups is 1. The van der Waals surface area contributed by atoms with E-state index in [0.717, 1.165) is 17.8 Å². The number of carbonyl (C=O) groups excluding carboxylic acids is 1. The third-order valence-corrected chi connectivity index (χ3v) is 6.01. The van der Waals surface area contributed by atoms with Crippen LogP contribution in [0.3, 0.4) is 0 Å². The second kappa shape index (κ2) is 6.41. The molecule has 31 heavy (non-hydrogen) atoms. The maximum Gasteiger partial charge on any atom is 0.246 e. The standard InChI is InChI=1S/C23H16F2N2O4/c24-13-7-16(25)17(26-10-13)11-27-18-4-2-1-3-14(18)23(22(27)28)12-31-19-9-21-20(8-15(19)23)29-5-6-30-21/h1-4,7-10H,5-6,11-12H2. The number of para-hydroxylation sites is 1. The minimum absolute atomic E-state index is 0.0112. The number of nitrogens with zero attached hydrogens (tertiary/aromatic N) is 2. The summed E-state index contributed by atoms with van der Waals surface area (Å²) >= 11 is 0. The first-order valence-electron chi connectivity index (χ1n) is 9.86. The molecule has 0 radical (unpaired) electrons. The average Bonchev–Trinajstić information content (AvgIpc) is 3.26. The maximum atomic E-state index is 14.3. The first-order chi connectivity index (χ1) is 15.1. The first-order valence-corrected chi connectivity index (χ1v) is 9.86. The quantitative estimate of drug-likeness (QED) is 0.634. The minimum atomic E-state index is -1.09. The highest BCUT2D eigenvalue weighted by molar-refractivity contribution is 6.11. The molecule has 6 rings (SSSR count). The molecule has 4 heterocycles. The summed E-state index contributed by atoms with van der Waals surface area (Å²) in [5.41, 5.74) is 0.993. The predicted octanol–water partition coefficient (Wildman–Crippen LogP) is 3.36. The van der Waals surface area contributed by atoms with E-state index in [0.29, 0.717) is 41.7 Å². The summed E-state index contributed by atoms with van der Waals surface area (Å²) in [7, 11) is 0. The highest BCUT2D eigenvalue weighted by Crippen LogP contribution is 2.54. The van der Waals surface area contributed by atoms with E-state index in [1.54, 1.807) is 18.2 Å². The zero-order chi connectivity index (χ0) is 21.2. The van der Waals surface area contributed by atoms with Gasteiger partial charge in [-0.2, -0.15) is 0 Å². The lowest BCUT2D eigenvalue weighted by molar-refractivity contribution is -0.122. The van der Waals surface area contributed by atoms with Crippen molar-refractivity contribution < 1.29 is 27.8 Å². The second-order valence-corrected chi connectivity index (χ2v) is 7.68. The van der Waals surface area contributed by atoms with Crippen LogP contribution in [-0.2, 0) is 16.8 Å². The molecule has 1 unspecified atom stereocenters. The Balaban J connectivity index is 1.49. The van der Waals surface area contributed by atoms with Crippen LogP contribution in [0.25, 0.3) is 0 Å². The first kappa shape index (κ1) is 18.1. The van der Waals surface area contributed by atoms with Gasteiger partial charge in [-0.1, -0.05) is 18.2 Å². The fourth-order valence-corrected chi connectivity index (χ4v) is 4.58. The largest absolute Gasteiger partial charge is 0.491 e. The van der Waals surface area contributed by atoms with E-state index >= 15 is 0 Å². The van der Waals surface area contributed by atoms with E-state index in [2.05, 4.69) is 4.98 Å². The lowest BCUT2D eigenvalue weighted by Crippen LogP contribution is -2.42. The predicted molar refractivity (Wildman–Crippen MR) is 105 cm³/mol. The van der Waals surface area contributed by atoms with E-state index in [-0.39, 0.29) is 24.8 Å². The number of hydrogen-bond donors (Lipinski definition) is 0. The van der Waals surface area contributed by atoms with Crippen LogP contribution in [0.5, 0.6) is 17.2 Å².